The first kappa shape index (κ1) is 24.2. The van der Waals surface area contributed by atoms with Crippen LogP contribution in [-0.2, 0) is 16.4 Å². The topological polar surface area (TPSA) is 86.7 Å². The van der Waals surface area contributed by atoms with Gasteiger partial charge < -0.3 is 10.0 Å². The molecule has 0 atom stereocenters. The van der Waals surface area contributed by atoms with Gasteiger partial charge in [-0.2, -0.15) is 0 Å². The Morgan fingerprint density at radius 1 is 0.971 bits per heavy atom. The molecule has 1 aliphatic rings. The van der Waals surface area contributed by atoms with E-state index >= 15 is 0 Å². The van der Waals surface area contributed by atoms with Crippen LogP contribution in [0.15, 0.2) is 65.6 Å². The molecule has 0 saturated carbocycles. The monoisotopic (exact) mass is 496 g/mol. The number of fused-ring (bicyclic) bond motifs is 1. The van der Waals surface area contributed by atoms with Crippen molar-refractivity contribution >= 4 is 39.1 Å². The van der Waals surface area contributed by atoms with Gasteiger partial charge in [0, 0.05) is 27.4 Å². The van der Waals surface area contributed by atoms with E-state index < -0.39 is 10.0 Å². The van der Waals surface area contributed by atoms with Crippen LogP contribution in [0.4, 0.5) is 11.4 Å². The Balaban J connectivity index is 1.57. The average Bonchev–Trinajstić information content (AvgIpc) is 2.74. The molecule has 0 saturated heterocycles. The van der Waals surface area contributed by atoms with Gasteiger partial charge in [0.25, 0.3) is 5.91 Å². The van der Waals surface area contributed by atoms with Crippen LogP contribution in [0.5, 0.6) is 5.75 Å². The molecule has 0 unspecified atom stereocenters. The number of sulfonamides is 1. The van der Waals surface area contributed by atoms with E-state index in [0.717, 1.165) is 22.9 Å². The molecule has 6 nitrogen and oxygen atoms in total. The summed E-state index contributed by atoms with van der Waals surface area (Å²) in [4.78, 5) is 16.1. The number of nitrogens with zero attached hydrogens (tertiary/aromatic N) is 1. The molecule has 0 radical (unpaired) electrons. The fourth-order valence-electron chi connectivity index (χ4n) is 3.96. The van der Waals surface area contributed by atoms with Gasteiger partial charge in [-0.05, 0) is 59.5 Å². The summed E-state index contributed by atoms with van der Waals surface area (Å²) in [6.45, 7) is 7.03. The first-order valence-electron chi connectivity index (χ1n) is 10.9. The lowest BCUT2D eigenvalue weighted by molar-refractivity contribution is 0.0980. The van der Waals surface area contributed by atoms with Crippen molar-refractivity contribution in [1.29, 1.82) is 0 Å². The van der Waals surface area contributed by atoms with Crippen LogP contribution >= 0.6 is 11.8 Å². The molecule has 4 rings (SSSR count). The van der Waals surface area contributed by atoms with Gasteiger partial charge in [0.05, 0.1) is 11.9 Å². The molecule has 0 aliphatic carbocycles. The minimum Gasteiger partial charge on any atom is -0.506 e. The van der Waals surface area contributed by atoms with Gasteiger partial charge in [0.15, 0.2) is 0 Å². The molecule has 1 heterocycles. The van der Waals surface area contributed by atoms with Crippen molar-refractivity contribution in [3.8, 4) is 16.9 Å². The molecule has 34 heavy (non-hydrogen) atoms. The molecule has 8 heteroatoms. The molecule has 1 aliphatic heterocycles. The van der Waals surface area contributed by atoms with E-state index in [-0.39, 0.29) is 22.1 Å². The number of nitrogens with one attached hydrogen (secondary N) is 1. The van der Waals surface area contributed by atoms with Gasteiger partial charge in [-0.15, -0.1) is 11.8 Å². The average molecular weight is 497 g/mol. The second kappa shape index (κ2) is 9.00. The maximum Gasteiger partial charge on any atom is 0.258 e. The van der Waals surface area contributed by atoms with E-state index in [1.54, 1.807) is 11.0 Å². The Morgan fingerprint density at radius 3 is 2.29 bits per heavy atom. The maximum atomic E-state index is 13.2. The quantitative estimate of drug-likeness (QED) is 0.359. The number of phenolic OH excluding ortho intramolecular Hbond substituents is 1. The van der Waals surface area contributed by atoms with Crippen LogP contribution in [-0.4, -0.2) is 37.0 Å². The van der Waals surface area contributed by atoms with E-state index in [9.17, 15) is 18.3 Å². The highest BCUT2D eigenvalue weighted by Crippen LogP contribution is 2.35. The van der Waals surface area contributed by atoms with Gasteiger partial charge in [-0.3, -0.25) is 9.52 Å². The summed E-state index contributed by atoms with van der Waals surface area (Å²) >= 11 is 1.83. The molecule has 3 aromatic carbocycles. The lowest BCUT2D eigenvalue weighted by Crippen LogP contribution is -2.37. The molecule has 0 aromatic heterocycles. The highest BCUT2D eigenvalue weighted by atomic mass is 32.2. The second-order valence-electron chi connectivity index (χ2n) is 9.39. The van der Waals surface area contributed by atoms with Crippen LogP contribution < -0.4 is 9.62 Å². The summed E-state index contributed by atoms with van der Waals surface area (Å²) in [5.74, 6) is -0.351. The fraction of sp³-hybridized carbons (Fsp3) is 0.269. The summed E-state index contributed by atoms with van der Waals surface area (Å²) < 4.78 is 25.6. The van der Waals surface area contributed by atoms with Gasteiger partial charge in [0.2, 0.25) is 10.0 Å². The lowest BCUT2D eigenvalue weighted by atomic mass is 9.94. The third-order valence-electron chi connectivity index (χ3n) is 5.38. The van der Waals surface area contributed by atoms with Crippen molar-refractivity contribution in [1.82, 2.24) is 0 Å². The van der Waals surface area contributed by atoms with E-state index in [1.165, 1.54) is 17.0 Å². The normalized spacial score (nSPS) is 14.1. The zero-order chi connectivity index (χ0) is 24.7. The molecule has 0 fully saturated rings. The van der Waals surface area contributed by atoms with Gasteiger partial charge in [0.1, 0.15) is 5.75 Å². The molecule has 3 aromatic rings. The number of benzene rings is 3. The van der Waals surface area contributed by atoms with Gasteiger partial charge in [-0.1, -0.05) is 45.0 Å². The number of carbonyl (C=O) groups excluding carboxylic acids is 1. The Kier molecular flexibility index (Phi) is 6.40. The summed E-state index contributed by atoms with van der Waals surface area (Å²) in [5, 5.41) is 10.00. The SMILES string of the molecule is CC(C)(C)Sc1ccc(-c2ccc3c(c2)CCN(c2ccc(O)c(NS(C)(=O)=O)c2)C3=O)cc1. The van der Waals surface area contributed by atoms with E-state index in [1.807, 2.05) is 23.9 Å². The summed E-state index contributed by atoms with van der Waals surface area (Å²) in [6, 6.07) is 18.8. The van der Waals surface area contributed by atoms with Crippen LogP contribution in [0, 0.1) is 0 Å². The number of hydrogen-bond acceptors (Lipinski definition) is 5. The second-order valence-corrected chi connectivity index (χ2v) is 13.0. The first-order valence-corrected chi connectivity index (χ1v) is 13.7. The molecule has 2 N–H and O–H groups in total. The Bertz CT molecular complexity index is 1340. The third-order valence-corrected chi connectivity index (χ3v) is 7.10. The lowest BCUT2D eigenvalue weighted by Gasteiger charge is -2.29. The fourth-order valence-corrected chi connectivity index (χ4v) is 5.50. The number of hydrogen-bond donors (Lipinski definition) is 2. The largest absolute Gasteiger partial charge is 0.506 e. The summed E-state index contributed by atoms with van der Waals surface area (Å²) in [5.41, 5.74) is 4.35. The van der Waals surface area contributed by atoms with Crippen molar-refractivity contribution < 1.29 is 18.3 Å². The number of carbonyl (C=O) groups is 1. The summed E-state index contributed by atoms with van der Waals surface area (Å²) in [6.07, 6.45) is 1.68. The van der Waals surface area contributed by atoms with Crippen molar-refractivity contribution in [3.63, 3.8) is 0 Å². The smallest absolute Gasteiger partial charge is 0.258 e. The van der Waals surface area contributed by atoms with Gasteiger partial charge in [-0.25, -0.2) is 8.42 Å². The molecule has 0 spiro atoms. The predicted molar refractivity (Wildman–Crippen MR) is 139 cm³/mol. The summed E-state index contributed by atoms with van der Waals surface area (Å²) in [7, 11) is -3.57. The van der Waals surface area contributed by atoms with Gasteiger partial charge >= 0.3 is 0 Å². The van der Waals surface area contributed by atoms with Crippen LogP contribution in [0.25, 0.3) is 11.1 Å². The van der Waals surface area contributed by atoms with Crippen molar-refractivity contribution in [2.45, 2.75) is 36.8 Å². The van der Waals surface area contributed by atoms with Crippen LogP contribution in [0.1, 0.15) is 36.7 Å². The third kappa shape index (κ3) is 5.56. The zero-order valence-electron chi connectivity index (χ0n) is 19.6. The molecule has 0 bridgehead atoms. The Hall–Kier alpha value is -2.97. The maximum absolute atomic E-state index is 13.2. The number of rotatable bonds is 5. The molecular formula is C26H28N2O4S2. The van der Waals surface area contributed by atoms with E-state index in [2.05, 4.69) is 55.8 Å². The zero-order valence-corrected chi connectivity index (χ0v) is 21.3. The van der Waals surface area contributed by atoms with Crippen molar-refractivity contribution in [3.05, 3.63) is 71.8 Å². The van der Waals surface area contributed by atoms with Crippen LogP contribution in [0.3, 0.4) is 0 Å². The standard InChI is InChI=1S/C26H28N2O4S2/c1-26(2,3)33-21-9-5-17(6-10-21)18-7-11-22-19(15-18)13-14-28(25(22)30)20-8-12-24(29)23(16-20)27-34(4,31)32/h5-12,15-16,27,29H,13-14H2,1-4H3. The highest BCUT2D eigenvalue weighted by molar-refractivity contribution is 8.00. The predicted octanol–water partition coefficient (Wildman–Crippen LogP) is 5.52. The Labute approximate surface area is 205 Å². The number of anilines is 2. The highest BCUT2D eigenvalue weighted by Gasteiger charge is 2.26. The van der Waals surface area contributed by atoms with E-state index in [4.69, 9.17) is 0 Å². The minimum atomic E-state index is -3.57. The number of amides is 1. The van der Waals surface area contributed by atoms with Crippen LogP contribution in [0.2, 0.25) is 0 Å². The van der Waals surface area contributed by atoms with Crippen molar-refractivity contribution in [2.75, 3.05) is 22.4 Å². The molecular weight excluding hydrogens is 468 g/mol. The number of phenols is 1. The molecule has 1 amide bonds. The Morgan fingerprint density at radius 2 is 1.65 bits per heavy atom. The minimum absolute atomic E-state index is 0.0435. The number of thioether (sulfide) groups is 1. The first-order chi connectivity index (χ1) is 15.9. The molecule has 178 valence electrons. The number of aromatic hydroxyl groups is 1. The van der Waals surface area contributed by atoms with E-state index in [0.29, 0.717) is 24.2 Å². The van der Waals surface area contributed by atoms with Crippen molar-refractivity contribution in [2.24, 2.45) is 0 Å².